The molecule has 1 aromatic rings. The van der Waals surface area contributed by atoms with Gasteiger partial charge in [-0.2, -0.15) is 0 Å². The summed E-state index contributed by atoms with van der Waals surface area (Å²) >= 11 is 0. The molecule has 0 amide bonds. The Labute approximate surface area is 157 Å². The van der Waals surface area contributed by atoms with Gasteiger partial charge in [-0.1, -0.05) is 32.3 Å². The van der Waals surface area contributed by atoms with Gasteiger partial charge in [0.15, 0.2) is 0 Å². The lowest BCUT2D eigenvalue weighted by Gasteiger charge is -2.32. The average molecular weight is 362 g/mol. The third-order valence-electron chi connectivity index (χ3n) is 6.33. The van der Waals surface area contributed by atoms with E-state index >= 15 is 0 Å². The highest BCUT2D eigenvalue weighted by atomic mass is 19.1. The molecule has 2 fully saturated rings. The predicted molar refractivity (Wildman–Crippen MR) is 103 cm³/mol. The molecule has 0 radical (unpaired) electrons. The standard InChI is InChI=1S/C21H32BFO3/c1-6-16-9-7-8-10-19(16)24-14-15-11-17(13-18(23)12-15)22-25-20(2,3)21(4,5)26-22/h11-13,16,19H,6-10,14H2,1-5H3. The van der Waals surface area contributed by atoms with E-state index in [4.69, 9.17) is 14.0 Å². The highest BCUT2D eigenvalue weighted by Gasteiger charge is 2.51. The lowest BCUT2D eigenvalue weighted by Crippen LogP contribution is -2.41. The first-order valence-electron chi connectivity index (χ1n) is 9.98. The van der Waals surface area contributed by atoms with Crippen LogP contribution >= 0.6 is 0 Å². The van der Waals surface area contributed by atoms with E-state index in [0.717, 1.165) is 23.9 Å². The molecule has 2 atom stereocenters. The number of ether oxygens (including phenoxy) is 1. The summed E-state index contributed by atoms with van der Waals surface area (Å²) in [5.41, 5.74) is 0.696. The fraction of sp³-hybridized carbons (Fsp3) is 0.714. The van der Waals surface area contributed by atoms with Crippen LogP contribution in [0.5, 0.6) is 0 Å². The van der Waals surface area contributed by atoms with Crippen molar-refractivity contribution in [2.45, 2.75) is 90.6 Å². The van der Waals surface area contributed by atoms with Crippen LogP contribution in [0, 0.1) is 11.7 Å². The molecule has 5 heteroatoms. The van der Waals surface area contributed by atoms with E-state index in [1.807, 2.05) is 33.8 Å². The van der Waals surface area contributed by atoms with Crippen LogP contribution in [-0.4, -0.2) is 24.4 Å². The molecule has 1 aliphatic heterocycles. The molecule has 1 aromatic carbocycles. The Hall–Kier alpha value is -0.905. The summed E-state index contributed by atoms with van der Waals surface area (Å²) in [6.07, 6.45) is 6.31. The van der Waals surface area contributed by atoms with E-state index in [-0.39, 0.29) is 11.9 Å². The molecule has 1 aliphatic carbocycles. The fourth-order valence-electron chi connectivity index (χ4n) is 3.94. The van der Waals surface area contributed by atoms with Crippen molar-refractivity contribution in [1.82, 2.24) is 0 Å². The SMILES string of the molecule is CCC1CCCCC1OCc1cc(F)cc(B2OC(C)(C)C(C)(C)O2)c1. The molecule has 0 spiro atoms. The van der Waals surface area contributed by atoms with Gasteiger partial charge in [0.05, 0.1) is 23.9 Å². The Bertz CT molecular complexity index is 616. The zero-order chi connectivity index (χ0) is 18.9. The van der Waals surface area contributed by atoms with Gasteiger partial charge in [0.1, 0.15) is 5.82 Å². The third kappa shape index (κ3) is 4.15. The monoisotopic (exact) mass is 362 g/mol. The Morgan fingerprint density at radius 2 is 1.73 bits per heavy atom. The fourth-order valence-corrected chi connectivity index (χ4v) is 3.94. The first-order chi connectivity index (χ1) is 12.2. The van der Waals surface area contributed by atoms with Crippen LogP contribution in [0.4, 0.5) is 4.39 Å². The number of halogens is 1. The van der Waals surface area contributed by atoms with Gasteiger partial charge in [0.25, 0.3) is 0 Å². The highest BCUT2D eigenvalue weighted by molar-refractivity contribution is 6.62. The second-order valence-electron chi connectivity index (χ2n) is 8.78. The van der Waals surface area contributed by atoms with Crippen molar-refractivity contribution in [3.05, 3.63) is 29.6 Å². The summed E-state index contributed by atoms with van der Waals surface area (Å²) in [6, 6.07) is 5.01. The molecule has 3 nitrogen and oxygen atoms in total. The van der Waals surface area contributed by atoms with Crippen LogP contribution in [-0.2, 0) is 20.7 Å². The zero-order valence-electron chi connectivity index (χ0n) is 16.8. The molecule has 0 N–H and O–H groups in total. The Morgan fingerprint density at radius 1 is 1.08 bits per heavy atom. The molecule has 1 saturated heterocycles. The minimum absolute atomic E-state index is 0.272. The van der Waals surface area contributed by atoms with E-state index in [2.05, 4.69) is 6.92 Å². The normalized spacial score (nSPS) is 27.7. The van der Waals surface area contributed by atoms with Crippen molar-refractivity contribution in [2.75, 3.05) is 0 Å². The van der Waals surface area contributed by atoms with Crippen LogP contribution in [0.1, 0.15) is 72.3 Å². The lowest BCUT2D eigenvalue weighted by atomic mass is 9.78. The summed E-state index contributed by atoms with van der Waals surface area (Å²) in [6.45, 7) is 10.7. The van der Waals surface area contributed by atoms with E-state index in [0.29, 0.717) is 12.5 Å². The minimum Gasteiger partial charge on any atom is -0.399 e. The van der Waals surface area contributed by atoms with E-state index in [9.17, 15) is 4.39 Å². The minimum atomic E-state index is -0.549. The summed E-state index contributed by atoms with van der Waals surface area (Å²) in [7, 11) is -0.549. The summed E-state index contributed by atoms with van der Waals surface area (Å²) in [4.78, 5) is 0. The van der Waals surface area contributed by atoms with Crippen LogP contribution in [0.25, 0.3) is 0 Å². The summed E-state index contributed by atoms with van der Waals surface area (Å²) < 4.78 is 32.5. The van der Waals surface area contributed by atoms with Gasteiger partial charge in [0, 0.05) is 0 Å². The maximum Gasteiger partial charge on any atom is 0.494 e. The van der Waals surface area contributed by atoms with E-state index in [1.54, 1.807) is 6.07 Å². The molecule has 0 aromatic heterocycles. The highest BCUT2D eigenvalue weighted by Crippen LogP contribution is 2.36. The number of benzene rings is 1. The van der Waals surface area contributed by atoms with Crippen LogP contribution < -0.4 is 5.46 Å². The summed E-state index contributed by atoms with van der Waals surface area (Å²) in [5.74, 6) is 0.353. The van der Waals surface area contributed by atoms with E-state index in [1.165, 1.54) is 25.3 Å². The molecule has 2 aliphatic rings. The topological polar surface area (TPSA) is 27.7 Å². The number of rotatable bonds is 5. The molecule has 144 valence electrons. The van der Waals surface area contributed by atoms with Gasteiger partial charge >= 0.3 is 7.12 Å². The molecular formula is C21H32BFO3. The molecule has 1 heterocycles. The Morgan fingerprint density at radius 3 is 2.38 bits per heavy atom. The van der Waals surface area contributed by atoms with Crippen molar-refractivity contribution in [3.8, 4) is 0 Å². The first-order valence-corrected chi connectivity index (χ1v) is 9.98. The van der Waals surface area contributed by atoms with Crippen molar-refractivity contribution in [3.63, 3.8) is 0 Å². The maximum atomic E-state index is 14.2. The quantitative estimate of drug-likeness (QED) is 0.716. The molecule has 1 saturated carbocycles. The van der Waals surface area contributed by atoms with Crippen LogP contribution in [0.15, 0.2) is 18.2 Å². The average Bonchev–Trinajstić information content (AvgIpc) is 2.80. The smallest absolute Gasteiger partial charge is 0.399 e. The van der Waals surface area contributed by atoms with Crippen molar-refractivity contribution in [1.29, 1.82) is 0 Å². The summed E-state index contributed by atoms with van der Waals surface area (Å²) in [5, 5.41) is 0. The van der Waals surface area contributed by atoms with Gasteiger partial charge in [-0.3, -0.25) is 0 Å². The largest absolute Gasteiger partial charge is 0.494 e. The third-order valence-corrected chi connectivity index (χ3v) is 6.33. The predicted octanol–water partition coefficient (Wildman–Crippen LogP) is 4.61. The van der Waals surface area contributed by atoms with Crippen molar-refractivity contribution in [2.24, 2.45) is 5.92 Å². The molecule has 3 rings (SSSR count). The van der Waals surface area contributed by atoms with Gasteiger partial charge in [0.2, 0.25) is 0 Å². The Kier molecular flexibility index (Phi) is 5.81. The number of hydrogen-bond acceptors (Lipinski definition) is 3. The molecule has 26 heavy (non-hydrogen) atoms. The zero-order valence-corrected chi connectivity index (χ0v) is 16.8. The van der Waals surface area contributed by atoms with Crippen molar-refractivity contribution >= 4 is 12.6 Å². The molecule has 0 bridgehead atoms. The lowest BCUT2D eigenvalue weighted by molar-refractivity contribution is -0.0222. The molecular weight excluding hydrogens is 330 g/mol. The van der Waals surface area contributed by atoms with Gasteiger partial charge in [-0.15, -0.1) is 0 Å². The van der Waals surface area contributed by atoms with Gasteiger partial charge in [-0.05, 0) is 69.6 Å². The second-order valence-corrected chi connectivity index (χ2v) is 8.78. The first kappa shape index (κ1) is 19.8. The van der Waals surface area contributed by atoms with E-state index < -0.39 is 18.3 Å². The van der Waals surface area contributed by atoms with Crippen LogP contribution in [0.2, 0.25) is 0 Å². The van der Waals surface area contributed by atoms with Gasteiger partial charge in [-0.25, -0.2) is 4.39 Å². The maximum absolute atomic E-state index is 14.2. The van der Waals surface area contributed by atoms with Crippen LogP contribution in [0.3, 0.4) is 0 Å². The Balaban J connectivity index is 1.70. The van der Waals surface area contributed by atoms with Gasteiger partial charge < -0.3 is 14.0 Å². The second kappa shape index (κ2) is 7.61. The van der Waals surface area contributed by atoms with Crippen molar-refractivity contribution < 1.29 is 18.4 Å². The number of hydrogen-bond donors (Lipinski definition) is 0. The molecule has 2 unspecified atom stereocenters.